The number of nitrogens with zero attached hydrogens (tertiary/aromatic N) is 2. The smallest absolute Gasteiger partial charge is 0.137 e. The monoisotopic (exact) mass is 844 g/mol. The number of furan rings is 2. The predicted octanol–water partition coefficient (Wildman–Crippen LogP) is 18.1. The molecule has 0 N–H and O–H groups in total. The van der Waals surface area contributed by atoms with Gasteiger partial charge in [-0.05, 0) is 135 Å². The molecule has 0 aliphatic heterocycles. The number of rotatable bonds is 8. The molecular weight excluding hydrogens is 805 g/mol. The van der Waals surface area contributed by atoms with Gasteiger partial charge in [0.05, 0.1) is 11.1 Å². The van der Waals surface area contributed by atoms with E-state index in [0.29, 0.717) is 0 Å². The van der Waals surface area contributed by atoms with Gasteiger partial charge in [-0.1, -0.05) is 152 Å². The summed E-state index contributed by atoms with van der Waals surface area (Å²) < 4.78 is 12.9. The third kappa shape index (κ3) is 6.38. The van der Waals surface area contributed by atoms with Crippen molar-refractivity contribution in [1.82, 2.24) is 0 Å². The Labute approximate surface area is 381 Å². The van der Waals surface area contributed by atoms with E-state index in [0.717, 1.165) is 99.9 Å². The molecule has 2 aromatic heterocycles. The minimum Gasteiger partial charge on any atom is -0.456 e. The number of benzene rings is 11. The molecule has 2 heterocycles. The van der Waals surface area contributed by atoms with Gasteiger partial charge >= 0.3 is 0 Å². The van der Waals surface area contributed by atoms with Crippen molar-refractivity contribution >= 4 is 99.5 Å². The zero-order chi connectivity index (χ0) is 43.6. The van der Waals surface area contributed by atoms with Crippen molar-refractivity contribution in [2.45, 2.75) is 0 Å². The first-order valence-electron chi connectivity index (χ1n) is 22.4. The Morgan fingerprint density at radius 2 is 0.773 bits per heavy atom. The van der Waals surface area contributed by atoms with Crippen LogP contribution in [-0.4, -0.2) is 0 Å². The predicted molar refractivity (Wildman–Crippen MR) is 276 cm³/mol. The van der Waals surface area contributed by atoms with Gasteiger partial charge in [-0.15, -0.1) is 0 Å². The summed E-state index contributed by atoms with van der Waals surface area (Å²) in [5, 5.41) is 8.98. The van der Waals surface area contributed by atoms with Gasteiger partial charge in [-0.3, -0.25) is 0 Å². The van der Waals surface area contributed by atoms with Gasteiger partial charge in [0.2, 0.25) is 0 Å². The quantitative estimate of drug-likeness (QED) is 0.143. The number of anilines is 6. The Kier molecular flexibility index (Phi) is 8.81. The molecule has 0 aliphatic rings. The van der Waals surface area contributed by atoms with E-state index < -0.39 is 0 Å². The fourth-order valence-corrected chi connectivity index (χ4v) is 9.88. The fourth-order valence-electron chi connectivity index (χ4n) is 9.88. The summed E-state index contributed by atoms with van der Waals surface area (Å²) in [7, 11) is 0. The molecule has 66 heavy (non-hydrogen) atoms. The van der Waals surface area contributed by atoms with Gasteiger partial charge in [0.15, 0.2) is 0 Å². The first kappa shape index (κ1) is 37.7. The Hall–Kier alpha value is -8.86. The van der Waals surface area contributed by atoms with Crippen LogP contribution in [-0.2, 0) is 0 Å². The van der Waals surface area contributed by atoms with Crippen molar-refractivity contribution in [1.29, 1.82) is 0 Å². The zero-order valence-corrected chi connectivity index (χ0v) is 35.8. The number of hydrogen-bond donors (Lipinski definition) is 0. The highest BCUT2D eigenvalue weighted by molar-refractivity contribution is 6.18. The molecule has 310 valence electrons. The fraction of sp³-hybridized carbons (Fsp3) is 0. The molecule has 0 unspecified atom stereocenters. The number of para-hydroxylation sites is 3. The lowest BCUT2D eigenvalue weighted by Crippen LogP contribution is -2.14. The third-order valence-corrected chi connectivity index (χ3v) is 13.0. The van der Waals surface area contributed by atoms with Crippen LogP contribution in [0.4, 0.5) is 34.1 Å². The molecule has 0 spiro atoms. The van der Waals surface area contributed by atoms with Crippen LogP contribution in [0.25, 0.3) is 87.7 Å². The first-order valence-corrected chi connectivity index (χ1v) is 22.4. The van der Waals surface area contributed by atoms with Crippen molar-refractivity contribution < 1.29 is 8.83 Å². The van der Waals surface area contributed by atoms with Crippen molar-refractivity contribution in [3.05, 3.63) is 243 Å². The second-order valence-corrected chi connectivity index (χ2v) is 16.9. The molecule has 11 aromatic carbocycles. The lowest BCUT2D eigenvalue weighted by Gasteiger charge is -2.31. The summed E-state index contributed by atoms with van der Waals surface area (Å²) >= 11 is 0. The maximum absolute atomic E-state index is 6.58. The van der Waals surface area contributed by atoms with E-state index in [-0.39, 0.29) is 0 Å². The normalized spacial score (nSPS) is 11.6. The number of hydrogen-bond acceptors (Lipinski definition) is 4. The Morgan fingerprint density at radius 3 is 1.53 bits per heavy atom. The molecule has 4 nitrogen and oxygen atoms in total. The summed E-state index contributed by atoms with van der Waals surface area (Å²) in [6, 6.07) is 86.7. The van der Waals surface area contributed by atoms with Crippen molar-refractivity contribution in [3.63, 3.8) is 0 Å². The molecule has 0 amide bonds. The largest absolute Gasteiger partial charge is 0.456 e. The molecule has 0 fully saturated rings. The maximum Gasteiger partial charge on any atom is 0.137 e. The van der Waals surface area contributed by atoms with Crippen LogP contribution in [0.3, 0.4) is 0 Å². The molecule has 0 radical (unpaired) electrons. The van der Waals surface area contributed by atoms with E-state index in [4.69, 9.17) is 8.83 Å². The van der Waals surface area contributed by atoms with Crippen LogP contribution in [0.15, 0.2) is 251 Å². The summed E-state index contributed by atoms with van der Waals surface area (Å²) in [6.45, 7) is 0. The van der Waals surface area contributed by atoms with E-state index in [2.05, 4.69) is 234 Å². The highest BCUT2D eigenvalue weighted by Gasteiger charge is 2.23. The van der Waals surface area contributed by atoms with Gasteiger partial charge < -0.3 is 18.6 Å². The maximum atomic E-state index is 6.58. The third-order valence-electron chi connectivity index (χ3n) is 13.0. The highest BCUT2D eigenvalue weighted by Crippen LogP contribution is 2.48. The zero-order valence-electron chi connectivity index (χ0n) is 35.8. The second-order valence-electron chi connectivity index (χ2n) is 16.9. The molecule has 13 rings (SSSR count). The van der Waals surface area contributed by atoms with Crippen molar-refractivity contribution in [2.75, 3.05) is 9.80 Å². The summed E-state index contributed by atoms with van der Waals surface area (Å²) in [4.78, 5) is 4.79. The molecule has 13 aromatic rings. The van der Waals surface area contributed by atoms with Crippen molar-refractivity contribution in [3.8, 4) is 22.3 Å². The van der Waals surface area contributed by atoms with E-state index in [1.807, 2.05) is 18.2 Å². The van der Waals surface area contributed by atoms with E-state index in [9.17, 15) is 0 Å². The lowest BCUT2D eigenvalue weighted by molar-refractivity contribution is 0.669. The van der Waals surface area contributed by atoms with E-state index in [1.165, 1.54) is 21.9 Å². The summed E-state index contributed by atoms with van der Waals surface area (Å²) in [6.07, 6.45) is 0. The van der Waals surface area contributed by atoms with E-state index >= 15 is 0 Å². The molecule has 0 saturated heterocycles. The summed E-state index contributed by atoms with van der Waals surface area (Å²) in [5.74, 6) is 0. The highest BCUT2D eigenvalue weighted by atomic mass is 16.3. The second kappa shape index (κ2) is 15.4. The average Bonchev–Trinajstić information content (AvgIpc) is 3.95. The van der Waals surface area contributed by atoms with Gasteiger partial charge in [0.25, 0.3) is 0 Å². The van der Waals surface area contributed by atoms with Gasteiger partial charge in [0, 0.05) is 44.6 Å². The topological polar surface area (TPSA) is 32.8 Å². The SMILES string of the molecule is c1ccc(-c2ccc(N(c3ccccc3)c3cc(-c4ccccc4)cc(N(c4ccc5ccc6cc7oc8ccccc8c7cc6c5c4)c4cccc5oc6ccccc6c45)c3)cc2)cc1. The first-order chi connectivity index (χ1) is 32.7. The van der Waals surface area contributed by atoms with Crippen LogP contribution in [0, 0.1) is 0 Å². The Balaban J connectivity index is 1.08. The minimum absolute atomic E-state index is 0.836. The standard InChI is InChI=1S/C62H40N2O2/c1-4-15-41(16-5-1)43-29-32-48(33-30-43)63(47-19-8-3-9-20-47)50-35-46(42-17-6-2-7-18-42)36-51(38-50)64(57-23-14-26-60-62(57)53-22-11-13-25-59(53)65-60)49-34-31-44-27-28-45-37-61-56(40-55(45)54(44)39-49)52-21-10-12-24-58(52)66-61/h1-40H. The van der Waals surface area contributed by atoms with Crippen LogP contribution < -0.4 is 9.80 Å². The molecule has 0 bridgehead atoms. The molecule has 0 atom stereocenters. The van der Waals surface area contributed by atoms with E-state index in [1.54, 1.807) is 0 Å². The molecule has 4 heteroatoms. The van der Waals surface area contributed by atoms with Gasteiger partial charge in [-0.25, -0.2) is 0 Å². The Bertz CT molecular complexity index is 3930. The van der Waals surface area contributed by atoms with Gasteiger partial charge in [-0.2, -0.15) is 0 Å². The summed E-state index contributed by atoms with van der Waals surface area (Å²) in [5.41, 5.74) is 14.3. The minimum atomic E-state index is 0.836. The van der Waals surface area contributed by atoms with Crippen LogP contribution in [0.2, 0.25) is 0 Å². The van der Waals surface area contributed by atoms with Crippen LogP contribution in [0.5, 0.6) is 0 Å². The van der Waals surface area contributed by atoms with Crippen LogP contribution in [0.1, 0.15) is 0 Å². The van der Waals surface area contributed by atoms with Gasteiger partial charge in [0.1, 0.15) is 22.3 Å². The molecule has 0 aliphatic carbocycles. The van der Waals surface area contributed by atoms with Crippen molar-refractivity contribution in [2.24, 2.45) is 0 Å². The lowest BCUT2D eigenvalue weighted by atomic mass is 9.98. The molecule has 0 saturated carbocycles. The average molecular weight is 845 g/mol. The Morgan fingerprint density at radius 1 is 0.242 bits per heavy atom. The number of fused-ring (bicyclic) bond motifs is 9. The van der Waals surface area contributed by atoms with Crippen LogP contribution >= 0.6 is 0 Å². The molecular formula is C62H40N2O2.